The summed E-state index contributed by atoms with van der Waals surface area (Å²) in [6, 6.07) is 7.23. The standard InChI is InChI=1S/C15H26N4/c1-4-11-16-14-9-6-10-15(17-14)18-19-12(2)7-5-8-13(19)3/h6,9-10,12-13H,4-5,7-8,11H2,1-3H3,(H2,16,17,18). The molecular formula is C15H26N4. The molecule has 2 N–H and O–H groups in total. The van der Waals surface area contributed by atoms with Crippen molar-refractivity contribution >= 4 is 11.6 Å². The molecule has 0 aromatic carbocycles. The second-order valence-electron chi connectivity index (χ2n) is 5.48. The summed E-state index contributed by atoms with van der Waals surface area (Å²) in [7, 11) is 0. The molecule has 2 unspecified atom stereocenters. The van der Waals surface area contributed by atoms with Crippen molar-refractivity contribution in [3.05, 3.63) is 18.2 Å². The van der Waals surface area contributed by atoms with Crippen LogP contribution in [0.1, 0.15) is 46.5 Å². The highest BCUT2D eigenvalue weighted by Gasteiger charge is 2.24. The Labute approximate surface area is 116 Å². The van der Waals surface area contributed by atoms with Gasteiger partial charge in [-0.25, -0.2) is 9.99 Å². The second kappa shape index (κ2) is 6.75. The predicted molar refractivity (Wildman–Crippen MR) is 81.3 cm³/mol. The first kappa shape index (κ1) is 14.1. The van der Waals surface area contributed by atoms with Crippen LogP contribution in [0.15, 0.2) is 18.2 Å². The lowest BCUT2D eigenvalue weighted by molar-refractivity contribution is 0.135. The number of pyridine rings is 1. The molecule has 2 atom stereocenters. The molecule has 1 fully saturated rings. The van der Waals surface area contributed by atoms with Crippen molar-refractivity contribution in [2.24, 2.45) is 0 Å². The van der Waals surface area contributed by atoms with Gasteiger partial charge in [0.05, 0.1) is 0 Å². The number of nitrogens with one attached hydrogen (secondary N) is 2. The molecule has 4 nitrogen and oxygen atoms in total. The molecule has 0 bridgehead atoms. The molecule has 0 aliphatic carbocycles. The maximum atomic E-state index is 4.61. The van der Waals surface area contributed by atoms with Crippen molar-refractivity contribution in [1.82, 2.24) is 9.99 Å². The van der Waals surface area contributed by atoms with E-state index >= 15 is 0 Å². The van der Waals surface area contributed by atoms with E-state index in [0.29, 0.717) is 12.1 Å². The van der Waals surface area contributed by atoms with Gasteiger partial charge in [0.15, 0.2) is 0 Å². The SMILES string of the molecule is CCCNc1cccc(NN2C(C)CCCC2C)n1. The quantitative estimate of drug-likeness (QED) is 0.852. The molecule has 1 aliphatic heterocycles. The first-order valence-corrected chi connectivity index (χ1v) is 7.46. The fraction of sp³-hybridized carbons (Fsp3) is 0.667. The molecule has 2 rings (SSSR count). The van der Waals surface area contributed by atoms with Gasteiger partial charge in [-0.1, -0.05) is 19.4 Å². The maximum absolute atomic E-state index is 4.61. The molecule has 19 heavy (non-hydrogen) atoms. The van der Waals surface area contributed by atoms with Crippen molar-refractivity contribution in [2.75, 3.05) is 17.3 Å². The summed E-state index contributed by atoms with van der Waals surface area (Å²) in [5.41, 5.74) is 3.48. The van der Waals surface area contributed by atoms with Crippen molar-refractivity contribution in [1.29, 1.82) is 0 Å². The molecule has 0 amide bonds. The Balaban J connectivity index is 2.01. The van der Waals surface area contributed by atoms with Gasteiger partial charge in [0.1, 0.15) is 11.6 Å². The van der Waals surface area contributed by atoms with Gasteiger partial charge in [-0.15, -0.1) is 0 Å². The molecule has 2 heterocycles. The van der Waals surface area contributed by atoms with Crippen LogP contribution in [0.4, 0.5) is 11.6 Å². The molecule has 4 heteroatoms. The van der Waals surface area contributed by atoms with Gasteiger partial charge in [-0.05, 0) is 45.2 Å². The normalized spacial score (nSPS) is 24.2. The third kappa shape index (κ3) is 3.83. The highest BCUT2D eigenvalue weighted by molar-refractivity contribution is 5.44. The van der Waals surface area contributed by atoms with Gasteiger partial charge in [0, 0.05) is 18.6 Å². The van der Waals surface area contributed by atoms with Gasteiger partial charge < -0.3 is 10.7 Å². The lowest BCUT2D eigenvalue weighted by Crippen LogP contribution is -2.47. The van der Waals surface area contributed by atoms with E-state index in [1.807, 2.05) is 18.2 Å². The molecule has 1 aromatic heterocycles. The number of piperidine rings is 1. The van der Waals surface area contributed by atoms with E-state index in [2.05, 4.69) is 41.5 Å². The summed E-state index contributed by atoms with van der Waals surface area (Å²) in [4.78, 5) is 4.61. The van der Waals surface area contributed by atoms with E-state index in [4.69, 9.17) is 0 Å². The molecule has 0 radical (unpaired) electrons. The Morgan fingerprint density at radius 3 is 2.58 bits per heavy atom. The molecule has 1 aromatic rings. The fourth-order valence-corrected chi connectivity index (χ4v) is 2.62. The minimum absolute atomic E-state index is 0.567. The minimum atomic E-state index is 0.567. The van der Waals surface area contributed by atoms with Crippen molar-refractivity contribution in [3.63, 3.8) is 0 Å². The zero-order valence-corrected chi connectivity index (χ0v) is 12.3. The van der Waals surface area contributed by atoms with Gasteiger partial charge >= 0.3 is 0 Å². The summed E-state index contributed by atoms with van der Waals surface area (Å²) in [5.74, 6) is 1.88. The molecular weight excluding hydrogens is 236 g/mol. The monoisotopic (exact) mass is 262 g/mol. The average molecular weight is 262 g/mol. The van der Waals surface area contributed by atoms with Gasteiger partial charge in [0.25, 0.3) is 0 Å². The summed E-state index contributed by atoms with van der Waals surface area (Å²) in [6.07, 6.45) is 4.95. The fourth-order valence-electron chi connectivity index (χ4n) is 2.62. The van der Waals surface area contributed by atoms with Crippen LogP contribution in [-0.4, -0.2) is 28.6 Å². The Morgan fingerprint density at radius 1 is 1.21 bits per heavy atom. The second-order valence-corrected chi connectivity index (χ2v) is 5.48. The summed E-state index contributed by atoms with van der Waals surface area (Å²) in [6.45, 7) is 7.68. The number of rotatable bonds is 5. The smallest absolute Gasteiger partial charge is 0.142 e. The summed E-state index contributed by atoms with van der Waals surface area (Å²) < 4.78 is 0. The van der Waals surface area contributed by atoms with Gasteiger partial charge in [0.2, 0.25) is 0 Å². The highest BCUT2D eigenvalue weighted by Crippen LogP contribution is 2.23. The molecule has 1 aliphatic rings. The van der Waals surface area contributed by atoms with E-state index < -0.39 is 0 Å². The van der Waals surface area contributed by atoms with Crippen LogP contribution in [0.2, 0.25) is 0 Å². The van der Waals surface area contributed by atoms with E-state index in [1.165, 1.54) is 19.3 Å². The largest absolute Gasteiger partial charge is 0.370 e. The number of nitrogens with zero attached hydrogens (tertiary/aromatic N) is 2. The van der Waals surface area contributed by atoms with Crippen LogP contribution in [0.5, 0.6) is 0 Å². The van der Waals surface area contributed by atoms with E-state index in [1.54, 1.807) is 0 Å². The van der Waals surface area contributed by atoms with Gasteiger partial charge in [-0.2, -0.15) is 0 Å². The van der Waals surface area contributed by atoms with E-state index in [-0.39, 0.29) is 0 Å². The molecule has 0 spiro atoms. The zero-order valence-electron chi connectivity index (χ0n) is 12.3. The average Bonchev–Trinajstić information content (AvgIpc) is 2.41. The first-order chi connectivity index (χ1) is 9.20. The highest BCUT2D eigenvalue weighted by atomic mass is 15.5. The third-order valence-electron chi connectivity index (χ3n) is 3.74. The van der Waals surface area contributed by atoms with Crippen LogP contribution in [0, 0.1) is 0 Å². The van der Waals surface area contributed by atoms with Crippen LogP contribution in [0.25, 0.3) is 0 Å². The lowest BCUT2D eigenvalue weighted by Gasteiger charge is -2.39. The number of hydrogen-bond acceptors (Lipinski definition) is 4. The summed E-state index contributed by atoms with van der Waals surface area (Å²) in [5, 5.41) is 5.67. The zero-order chi connectivity index (χ0) is 13.7. The topological polar surface area (TPSA) is 40.2 Å². The third-order valence-corrected chi connectivity index (χ3v) is 3.74. The predicted octanol–water partition coefficient (Wildman–Crippen LogP) is 3.49. The van der Waals surface area contributed by atoms with E-state index in [0.717, 1.165) is 24.6 Å². The van der Waals surface area contributed by atoms with Crippen molar-refractivity contribution in [3.8, 4) is 0 Å². The molecule has 0 saturated carbocycles. The minimum Gasteiger partial charge on any atom is -0.370 e. The molecule has 106 valence electrons. The first-order valence-electron chi connectivity index (χ1n) is 7.46. The summed E-state index contributed by atoms with van der Waals surface area (Å²) >= 11 is 0. The van der Waals surface area contributed by atoms with Crippen LogP contribution >= 0.6 is 0 Å². The number of hydrogen-bond donors (Lipinski definition) is 2. The van der Waals surface area contributed by atoms with Crippen LogP contribution in [0.3, 0.4) is 0 Å². The number of anilines is 2. The van der Waals surface area contributed by atoms with Gasteiger partial charge in [-0.3, -0.25) is 0 Å². The van der Waals surface area contributed by atoms with Crippen LogP contribution < -0.4 is 10.7 Å². The Morgan fingerprint density at radius 2 is 1.89 bits per heavy atom. The molecule has 1 saturated heterocycles. The Bertz CT molecular complexity index is 383. The van der Waals surface area contributed by atoms with Crippen molar-refractivity contribution in [2.45, 2.75) is 58.5 Å². The maximum Gasteiger partial charge on any atom is 0.142 e. The lowest BCUT2D eigenvalue weighted by atomic mass is 10.00. The Kier molecular flexibility index (Phi) is 5.02. The Hall–Kier alpha value is -1.29. The number of hydrazine groups is 1. The van der Waals surface area contributed by atoms with E-state index in [9.17, 15) is 0 Å². The number of aromatic nitrogens is 1. The van der Waals surface area contributed by atoms with Crippen LogP contribution in [-0.2, 0) is 0 Å². The van der Waals surface area contributed by atoms with Crippen molar-refractivity contribution < 1.29 is 0 Å².